The van der Waals surface area contributed by atoms with Gasteiger partial charge in [-0.05, 0) is 25.0 Å². The van der Waals surface area contributed by atoms with E-state index in [1.165, 1.54) is 13.0 Å². The molecule has 1 aromatic rings. The lowest BCUT2D eigenvalue weighted by Gasteiger charge is -2.09. The second kappa shape index (κ2) is 3.64. The molecule has 3 heteroatoms. The molecule has 0 heterocycles. The zero-order valence-electron chi connectivity index (χ0n) is 7.47. The van der Waals surface area contributed by atoms with Crippen LogP contribution in [0, 0.1) is 13.8 Å². The van der Waals surface area contributed by atoms with Gasteiger partial charge in [-0.1, -0.05) is 12.1 Å². The van der Waals surface area contributed by atoms with Crippen LogP contribution < -0.4 is 0 Å². The van der Waals surface area contributed by atoms with Crippen molar-refractivity contribution in [3.8, 4) is 0 Å². The maximum Gasteiger partial charge on any atom is 0.264 e. The molecular formula is C10H10F2O. The highest BCUT2D eigenvalue weighted by Gasteiger charge is 2.15. The third-order valence-electron chi connectivity index (χ3n) is 2.12. The molecular weight excluding hydrogens is 174 g/mol. The molecule has 0 aliphatic carbocycles. The van der Waals surface area contributed by atoms with Gasteiger partial charge in [-0.25, -0.2) is 8.78 Å². The van der Waals surface area contributed by atoms with E-state index in [-0.39, 0.29) is 5.56 Å². The Bertz CT molecular complexity index is 332. The molecule has 1 rings (SSSR count). The van der Waals surface area contributed by atoms with E-state index in [2.05, 4.69) is 0 Å². The summed E-state index contributed by atoms with van der Waals surface area (Å²) in [5.74, 6) is 0. The van der Waals surface area contributed by atoms with E-state index in [1.54, 1.807) is 13.0 Å². The van der Waals surface area contributed by atoms with Gasteiger partial charge < -0.3 is 0 Å². The van der Waals surface area contributed by atoms with E-state index in [1.807, 2.05) is 0 Å². The predicted molar refractivity (Wildman–Crippen MR) is 46.3 cm³/mol. The Balaban J connectivity index is 3.38. The van der Waals surface area contributed by atoms with Gasteiger partial charge in [0.25, 0.3) is 6.43 Å². The number of aldehydes is 1. The average Bonchev–Trinajstić information content (AvgIpc) is 2.04. The van der Waals surface area contributed by atoms with Crippen LogP contribution in [0.1, 0.15) is 33.5 Å². The van der Waals surface area contributed by atoms with Crippen LogP contribution in [0.5, 0.6) is 0 Å². The Morgan fingerprint density at radius 2 is 1.92 bits per heavy atom. The van der Waals surface area contributed by atoms with Gasteiger partial charge >= 0.3 is 0 Å². The smallest absolute Gasteiger partial charge is 0.264 e. The Morgan fingerprint density at radius 1 is 1.31 bits per heavy atom. The zero-order chi connectivity index (χ0) is 10.0. The van der Waals surface area contributed by atoms with Gasteiger partial charge in [0.2, 0.25) is 0 Å². The van der Waals surface area contributed by atoms with Crippen molar-refractivity contribution in [1.82, 2.24) is 0 Å². The van der Waals surface area contributed by atoms with Crippen molar-refractivity contribution in [2.24, 2.45) is 0 Å². The summed E-state index contributed by atoms with van der Waals surface area (Å²) in [7, 11) is 0. The van der Waals surface area contributed by atoms with Gasteiger partial charge in [0.15, 0.2) is 0 Å². The van der Waals surface area contributed by atoms with Crippen molar-refractivity contribution in [3.63, 3.8) is 0 Å². The third kappa shape index (κ3) is 1.74. The molecule has 0 saturated carbocycles. The minimum absolute atomic E-state index is 0.0235. The third-order valence-corrected chi connectivity index (χ3v) is 2.12. The number of carbonyl (C=O) groups excluding carboxylic acids is 1. The standard InChI is InChI=1S/C10H10F2O/c1-6-3-4-8(5-13)7(2)9(6)10(11)12/h3-5,10H,1-2H3. The number of carbonyl (C=O) groups is 1. The SMILES string of the molecule is Cc1ccc(C=O)c(C)c1C(F)F. The lowest BCUT2D eigenvalue weighted by atomic mass is 9.99. The summed E-state index contributed by atoms with van der Waals surface area (Å²) in [4.78, 5) is 10.5. The molecule has 0 spiro atoms. The fraction of sp³-hybridized carbons (Fsp3) is 0.300. The molecule has 0 aliphatic heterocycles. The summed E-state index contributed by atoms with van der Waals surface area (Å²) in [6.45, 7) is 3.15. The monoisotopic (exact) mass is 184 g/mol. The highest BCUT2D eigenvalue weighted by Crippen LogP contribution is 2.27. The molecule has 0 unspecified atom stereocenters. The van der Waals surface area contributed by atoms with Crippen LogP contribution in [0.25, 0.3) is 0 Å². The topological polar surface area (TPSA) is 17.1 Å². The van der Waals surface area contributed by atoms with Gasteiger partial charge in [0, 0.05) is 11.1 Å². The van der Waals surface area contributed by atoms with Crippen LogP contribution in [-0.2, 0) is 0 Å². The number of alkyl halides is 2. The highest BCUT2D eigenvalue weighted by molar-refractivity contribution is 5.78. The molecule has 13 heavy (non-hydrogen) atoms. The number of benzene rings is 1. The Hall–Kier alpha value is -1.25. The van der Waals surface area contributed by atoms with Crippen molar-refractivity contribution in [2.45, 2.75) is 20.3 Å². The number of aryl methyl sites for hydroxylation is 1. The molecule has 0 N–H and O–H groups in total. The first-order chi connectivity index (χ1) is 6.07. The van der Waals surface area contributed by atoms with Gasteiger partial charge in [-0.3, -0.25) is 4.79 Å². The first-order valence-corrected chi connectivity index (χ1v) is 3.91. The van der Waals surface area contributed by atoms with Gasteiger partial charge in [-0.2, -0.15) is 0 Å². The largest absolute Gasteiger partial charge is 0.298 e. The van der Waals surface area contributed by atoms with Gasteiger partial charge in [-0.15, -0.1) is 0 Å². The summed E-state index contributed by atoms with van der Waals surface area (Å²) in [5.41, 5.74) is 1.22. The average molecular weight is 184 g/mol. The second-order valence-corrected chi connectivity index (χ2v) is 2.93. The van der Waals surface area contributed by atoms with Crippen molar-refractivity contribution < 1.29 is 13.6 Å². The maximum atomic E-state index is 12.5. The van der Waals surface area contributed by atoms with Crippen molar-refractivity contribution in [2.75, 3.05) is 0 Å². The van der Waals surface area contributed by atoms with Gasteiger partial charge in [0.05, 0.1) is 0 Å². The molecule has 0 aromatic heterocycles. The number of rotatable bonds is 2. The molecule has 1 nitrogen and oxygen atoms in total. The molecule has 0 fully saturated rings. The first kappa shape index (κ1) is 9.84. The maximum absolute atomic E-state index is 12.5. The Morgan fingerprint density at radius 3 is 2.38 bits per heavy atom. The molecule has 0 aliphatic rings. The van der Waals surface area contributed by atoms with Crippen LogP contribution in [0.4, 0.5) is 8.78 Å². The molecule has 0 amide bonds. The second-order valence-electron chi connectivity index (χ2n) is 2.93. The summed E-state index contributed by atoms with van der Waals surface area (Å²) < 4.78 is 25.0. The molecule has 70 valence electrons. The fourth-order valence-electron chi connectivity index (χ4n) is 1.34. The Kier molecular flexibility index (Phi) is 2.76. The number of halogens is 2. The van der Waals surface area contributed by atoms with Crippen LogP contribution in [0.15, 0.2) is 12.1 Å². The van der Waals surface area contributed by atoms with E-state index >= 15 is 0 Å². The van der Waals surface area contributed by atoms with Crippen LogP contribution in [0.3, 0.4) is 0 Å². The lowest BCUT2D eigenvalue weighted by molar-refractivity contribution is 0.112. The van der Waals surface area contributed by atoms with Crippen molar-refractivity contribution >= 4 is 6.29 Å². The van der Waals surface area contributed by atoms with E-state index in [0.29, 0.717) is 23.0 Å². The van der Waals surface area contributed by atoms with E-state index in [9.17, 15) is 13.6 Å². The highest BCUT2D eigenvalue weighted by atomic mass is 19.3. The van der Waals surface area contributed by atoms with Crippen molar-refractivity contribution in [3.05, 3.63) is 34.4 Å². The first-order valence-electron chi connectivity index (χ1n) is 3.91. The van der Waals surface area contributed by atoms with Crippen LogP contribution in [0.2, 0.25) is 0 Å². The van der Waals surface area contributed by atoms with Crippen LogP contribution in [-0.4, -0.2) is 6.29 Å². The lowest BCUT2D eigenvalue weighted by Crippen LogP contribution is -1.98. The Labute approximate surface area is 75.4 Å². The summed E-state index contributed by atoms with van der Waals surface area (Å²) >= 11 is 0. The van der Waals surface area contributed by atoms with E-state index in [4.69, 9.17) is 0 Å². The molecule has 0 radical (unpaired) electrons. The summed E-state index contributed by atoms with van der Waals surface area (Å²) in [6, 6.07) is 3.10. The minimum Gasteiger partial charge on any atom is -0.298 e. The summed E-state index contributed by atoms with van der Waals surface area (Å²) in [5, 5.41) is 0. The number of hydrogen-bond acceptors (Lipinski definition) is 1. The predicted octanol–water partition coefficient (Wildman–Crippen LogP) is 3.05. The quantitative estimate of drug-likeness (QED) is 0.645. The summed E-state index contributed by atoms with van der Waals surface area (Å²) in [6.07, 6.45) is -1.92. The van der Waals surface area contributed by atoms with Gasteiger partial charge in [0.1, 0.15) is 6.29 Å². The van der Waals surface area contributed by atoms with E-state index < -0.39 is 6.43 Å². The molecule has 0 saturated heterocycles. The molecule has 0 atom stereocenters. The van der Waals surface area contributed by atoms with Crippen molar-refractivity contribution in [1.29, 1.82) is 0 Å². The zero-order valence-corrected chi connectivity index (χ0v) is 7.47. The molecule has 0 bridgehead atoms. The van der Waals surface area contributed by atoms with E-state index in [0.717, 1.165) is 0 Å². The normalized spacial score (nSPS) is 10.5. The minimum atomic E-state index is -2.51. The number of hydrogen-bond donors (Lipinski definition) is 0. The fourth-order valence-corrected chi connectivity index (χ4v) is 1.34. The van der Waals surface area contributed by atoms with Crippen LogP contribution >= 0.6 is 0 Å². The molecule has 1 aromatic carbocycles.